The van der Waals surface area contributed by atoms with Crippen LogP contribution in [0.25, 0.3) is 0 Å². The van der Waals surface area contributed by atoms with E-state index in [9.17, 15) is 23.3 Å². The van der Waals surface area contributed by atoms with E-state index in [1.807, 2.05) is 65.4 Å². The number of anilines is 1. The number of hydrogen-bond acceptors (Lipinski definition) is 8. The van der Waals surface area contributed by atoms with Gasteiger partial charge in [0.25, 0.3) is 21.6 Å². The van der Waals surface area contributed by atoms with Crippen molar-refractivity contribution in [3.05, 3.63) is 130 Å². The summed E-state index contributed by atoms with van der Waals surface area (Å²) in [6.45, 7) is 0.858. The molecule has 4 N–H and O–H groups in total. The third-order valence-corrected chi connectivity index (χ3v) is 7.82. The summed E-state index contributed by atoms with van der Waals surface area (Å²) in [6.07, 6.45) is 1.58. The third-order valence-electron chi connectivity index (χ3n) is 6.48. The van der Waals surface area contributed by atoms with Crippen molar-refractivity contribution in [2.45, 2.75) is 36.8 Å². The van der Waals surface area contributed by atoms with Crippen molar-refractivity contribution in [2.24, 2.45) is 5.73 Å². The second-order valence-electron chi connectivity index (χ2n) is 9.65. The van der Waals surface area contributed by atoms with Gasteiger partial charge in [0.2, 0.25) is 0 Å². The Bertz CT molecular complexity index is 1600. The average molecular weight is 589 g/mol. The number of aryl methyl sites for hydroxylation is 1. The molecule has 0 unspecified atom stereocenters. The van der Waals surface area contributed by atoms with Gasteiger partial charge >= 0.3 is 0 Å². The molecule has 10 nitrogen and oxygen atoms in total. The van der Waals surface area contributed by atoms with Crippen LogP contribution in [0.2, 0.25) is 0 Å². The summed E-state index contributed by atoms with van der Waals surface area (Å²) < 4.78 is 33.5. The maximum absolute atomic E-state index is 12.9. The molecule has 4 aromatic rings. The molecule has 0 radical (unpaired) electrons. The fraction of sp³-hybridized carbons (Fsp3) is 0.194. The predicted molar refractivity (Wildman–Crippen MR) is 161 cm³/mol. The zero-order valence-corrected chi connectivity index (χ0v) is 23.6. The van der Waals surface area contributed by atoms with Gasteiger partial charge in [-0.1, -0.05) is 72.8 Å². The Morgan fingerprint density at radius 3 is 2.17 bits per heavy atom. The molecule has 0 heterocycles. The lowest BCUT2D eigenvalue weighted by molar-refractivity contribution is -0.384. The maximum atomic E-state index is 12.9. The summed E-state index contributed by atoms with van der Waals surface area (Å²) >= 11 is 0. The maximum Gasteiger partial charge on any atom is 0.293 e. The SMILES string of the molecule is N[C@@H](Cc1ccc(OCc2ccccc2)cc1)C(=O)NS(=O)(=O)c1ccc(NCCCc2ccccc2)c([N+](=O)[O-])c1. The standard InChI is InChI=1S/C31H32N4O6S/c32-28(20-24-13-15-26(16-14-24)41-22-25-10-5-2-6-11-25)31(36)34-42(39,40)27-17-18-29(30(21-27)35(37)38)33-19-7-12-23-8-3-1-4-9-23/h1-6,8-11,13-18,21,28,33H,7,12,19-20,22,32H2,(H,34,36)/t28-/m0/s1. The number of carbonyl (C=O) groups is 1. The number of rotatable bonds is 14. The smallest absolute Gasteiger partial charge is 0.293 e. The number of nitrogens with two attached hydrogens (primary N) is 1. The zero-order chi connectivity index (χ0) is 30.0. The topological polar surface area (TPSA) is 154 Å². The molecule has 0 bridgehead atoms. The second-order valence-corrected chi connectivity index (χ2v) is 11.3. The van der Waals surface area contributed by atoms with Crippen LogP contribution in [-0.4, -0.2) is 31.8 Å². The predicted octanol–water partition coefficient (Wildman–Crippen LogP) is 4.59. The summed E-state index contributed by atoms with van der Waals surface area (Å²) in [5.41, 5.74) is 8.65. The lowest BCUT2D eigenvalue weighted by Crippen LogP contribution is -2.44. The van der Waals surface area contributed by atoms with Gasteiger partial charge in [-0.15, -0.1) is 0 Å². The highest BCUT2D eigenvalue weighted by Crippen LogP contribution is 2.28. The number of sulfonamides is 1. The van der Waals surface area contributed by atoms with Crippen LogP contribution in [0.5, 0.6) is 5.75 Å². The van der Waals surface area contributed by atoms with Gasteiger partial charge in [0.05, 0.1) is 15.9 Å². The highest BCUT2D eigenvalue weighted by Gasteiger charge is 2.25. The van der Waals surface area contributed by atoms with Crippen LogP contribution in [0.15, 0.2) is 108 Å². The fourth-order valence-electron chi connectivity index (χ4n) is 4.22. The first kappa shape index (κ1) is 30.2. The van der Waals surface area contributed by atoms with Crippen LogP contribution in [0.4, 0.5) is 11.4 Å². The Morgan fingerprint density at radius 2 is 1.52 bits per heavy atom. The second kappa shape index (κ2) is 14.2. The molecule has 218 valence electrons. The van der Waals surface area contributed by atoms with Crippen molar-refractivity contribution >= 4 is 27.3 Å². The summed E-state index contributed by atoms with van der Waals surface area (Å²) in [6, 6.07) is 28.8. The van der Waals surface area contributed by atoms with Crippen molar-refractivity contribution in [3.8, 4) is 5.75 Å². The van der Waals surface area contributed by atoms with Crippen LogP contribution in [0.3, 0.4) is 0 Å². The quantitative estimate of drug-likeness (QED) is 0.110. The van der Waals surface area contributed by atoms with Crippen LogP contribution in [-0.2, 0) is 34.3 Å². The molecule has 0 aromatic heterocycles. The number of amides is 1. The van der Waals surface area contributed by atoms with Gasteiger partial charge in [-0.2, -0.15) is 0 Å². The van der Waals surface area contributed by atoms with E-state index >= 15 is 0 Å². The molecular formula is C31H32N4O6S. The highest BCUT2D eigenvalue weighted by molar-refractivity contribution is 7.90. The van der Waals surface area contributed by atoms with E-state index in [0.717, 1.165) is 30.0 Å². The van der Waals surface area contributed by atoms with E-state index in [1.54, 1.807) is 24.3 Å². The van der Waals surface area contributed by atoms with Gasteiger partial charge in [-0.25, -0.2) is 13.1 Å². The molecule has 0 spiro atoms. The minimum Gasteiger partial charge on any atom is -0.489 e. The molecule has 1 amide bonds. The number of nitro benzene ring substituents is 1. The number of nitro groups is 1. The largest absolute Gasteiger partial charge is 0.489 e. The molecule has 0 saturated carbocycles. The van der Waals surface area contributed by atoms with Gasteiger partial charge in [-0.3, -0.25) is 14.9 Å². The Kier molecular flexibility index (Phi) is 10.2. The lowest BCUT2D eigenvalue weighted by Gasteiger charge is -2.14. The molecule has 0 saturated heterocycles. The van der Waals surface area contributed by atoms with E-state index in [-0.39, 0.29) is 12.1 Å². The van der Waals surface area contributed by atoms with Crippen molar-refractivity contribution in [1.29, 1.82) is 0 Å². The normalized spacial score (nSPS) is 11.8. The Balaban J connectivity index is 1.32. The molecular weight excluding hydrogens is 556 g/mol. The summed E-state index contributed by atoms with van der Waals surface area (Å²) in [4.78, 5) is 23.3. The number of ether oxygens (including phenoxy) is 1. The lowest BCUT2D eigenvalue weighted by atomic mass is 10.1. The Labute approximate surface area is 244 Å². The van der Waals surface area contributed by atoms with Crippen LogP contribution in [0, 0.1) is 10.1 Å². The Hall–Kier alpha value is -4.74. The van der Waals surface area contributed by atoms with Crippen LogP contribution >= 0.6 is 0 Å². The van der Waals surface area contributed by atoms with Gasteiger partial charge < -0.3 is 15.8 Å². The first-order valence-electron chi connectivity index (χ1n) is 13.4. The molecule has 0 fully saturated rings. The summed E-state index contributed by atoms with van der Waals surface area (Å²) in [7, 11) is -4.40. The summed E-state index contributed by atoms with van der Waals surface area (Å²) in [5.74, 6) is -0.288. The number of benzene rings is 4. The van der Waals surface area contributed by atoms with Gasteiger partial charge in [0.1, 0.15) is 18.0 Å². The number of hydrogen-bond donors (Lipinski definition) is 3. The summed E-state index contributed by atoms with van der Waals surface area (Å²) in [5, 5.41) is 14.7. The Morgan fingerprint density at radius 1 is 0.881 bits per heavy atom. The molecule has 4 rings (SSSR count). The van der Waals surface area contributed by atoms with Crippen molar-refractivity contribution in [1.82, 2.24) is 4.72 Å². The fourth-order valence-corrected chi connectivity index (χ4v) is 5.26. The highest BCUT2D eigenvalue weighted by atomic mass is 32.2. The number of nitrogens with zero attached hydrogens (tertiary/aromatic N) is 1. The first-order chi connectivity index (χ1) is 20.2. The third kappa shape index (κ3) is 8.63. The monoisotopic (exact) mass is 588 g/mol. The van der Waals surface area contributed by atoms with E-state index < -0.39 is 37.5 Å². The molecule has 0 aliphatic rings. The molecule has 4 aromatic carbocycles. The van der Waals surface area contributed by atoms with Gasteiger partial charge in [-0.05, 0) is 60.2 Å². The van der Waals surface area contributed by atoms with Crippen molar-refractivity contribution in [3.63, 3.8) is 0 Å². The zero-order valence-electron chi connectivity index (χ0n) is 22.8. The molecule has 0 aliphatic heterocycles. The number of carbonyl (C=O) groups excluding carboxylic acids is 1. The average Bonchev–Trinajstić information content (AvgIpc) is 2.99. The van der Waals surface area contributed by atoms with Gasteiger partial charge in [0, 0.05) is 12.6 Å². The van der Waals surface area contributed by atoms with E-state index in [2.05, 4.69) is 5.32 Å². The minimum absolute atomic E-state index is 0.0757. The first-order valence-corrected chi connectivity index (χ1v) is 14.8. The van der Waals surface area contributed by atoms with Crippen molar-refractivity contribution in [2.75, 3.05) is 11.9 Å². The minimum atomic E-state index is -4.40. The molecule has 0 aliphatic carbocycles. The molecule has 1 atom stereocenters. The van der Waals surface area contributed by atoms with Crippen molar-refractivity contribution < 1.29 is 22.9 Å². The molecule has 42 heavy (non-hydrogen) atoms. The number of nitrogens with one attached hydrogen (secondary N) is 2. The van der Waals surface area contributed by atoms with Crippen LogP contribution < -0.4 is 20.5 Å². The van der Waals surface area contributed by atoms with E-state index in [0.29, 0.717) is 24.5 Å². The molecule has 11 heteroatoms. The van der Waals surface area contributed by atoms with Crippen LogP contribution in [0.1, 0.15) is 23.1 Å². The van der Waals surface area contributed by atoms with E-state index in [1.165, 1.54) is 12.1 Å². The van der Waals surface area contributed by atoms with Gasteiger partial charge in [0.15, 0.2) is 0 Å². The van der Waals surface area contributed by atoms with E-state index in [4.69, 9.17) is 10.5 Å².